The summed E-state index contributed by atoms with van der Waals surface area (Å²) in [7, 11) is 3.29. The van der Waals surface area contributed by atoms with Gasteiger partial charge in [0.15, 0.2) is 0 Å². The topological polar surface area (TPSA) is 68.5 Å². The van der Waals surface area contributed by atoms with Gasteiger partial charge in [-0.25, -0.2) is 0 Å². The summed E-state index contributed by atoms with van der Waals surface area (Å²) in [5.41, 5.74) is 0. The first kappa shape index (κ1) is 14.7. The van der Waals surface area contributed by atoms with Crippen molar-refractivity contribution in [3.63, 3.8) is 0 Å². The van der Waals surface area contributed by atoms with Gasteiger partial charge < -0.3 is 9.15 Å². The highest BCUT2D eigenvalue weighted by atomic mass is 32.1. The van der Waals surface area contributed by atoms with Crippen molar-refractivity contribution in [1.82, 2.24) is 15.1 Å². The van der Waals surface area contributed by atoms with Crippen molar-refractivity contribution in [3.05, 3.63) is 23.4 Å². The maximum absolute atomic E-state index is 11.4. The molecular weight excluding hydrogens is 278 g/mol. The third kappa shape index (κ3) is 3.64. The number of hydrogen-bond acceptors (Lipinski definition) is 7. The van der Waals surface area contributed by atoms with Crippen LogP contribution in [0.4, 0.5) is 0 Å². The zero-order valence-corrected chi connectivity index (χ0v) is 12.5. The predicted octanol–water partition coefficient (Wildman–Crippen LogP) is 2.04. The van der Waals surface area contributed by atoms with Crippen molar-refractivity contribution < 1.29 is 13.9 Å². The van der Waals surface area contributed by atoms with Crippen molar-refractivity contribution in [1.29, 1.82) is 0 Å². The molecule has 0 fully saturated rings. The van der Waals surface area contributed by atoms with Gasteiger partial charge in [0, 0.05) is 6.54 Å². The Hall–Kier alpha value is -1.73. The Morgan fingerprint density at radius 3 is 3.00 bits per heavy atom. The lowest BCUT2D eigenvalue weighted by atomic mass is 10.2. The van der Waals surface area contributed by atoms with Crippen LogP contribution in [0.2, 0.25) is 0 Å². The van der Waals surface area contributed by atoms with E-state index in [1.807, 2.05) is 36.4 Å². The standard InChI is InChI=1S/C13H17N3O3S/c1-9(13(17)18-3)7-16(2)8-11-14-15-12(19-11)10-5-4-6-20-10/h4-6,9H,7-8H2,1-3H3. The van der Waals surface area contributed by atoms with E-state index in [1.165, 1.54) is 7.11 Å². The van der Waals surface area contributed by atoms with Crippen LogP contribution in [0.1, 0.15) is 12.8 Å². The van der Waals surface area contributed by atoms with E-state index in [0.717, 1.165) is 4.88 Å². The van der Waals surface area contributed by atoms with Gasteiger partial charge in [0.25, 0.3) is 5.89 Å². The van der Waals surface area contributed by atoms with E-state index in [0.29, 0.717) is 24.9 Å². The average Bonchev–Trinajstić information content (AvgIpc) is 3.07. The molecule has 0 saturated carbocycles. The molecule has 20 heavy (non-hydrogen) atoms. The van der Waals surface area contributed by atoms with Crippen molar-refractivity contribution in [3.8, 4) is 10.8 Å². The van der Waals surface area contributed by atoms with Crippen molar-refractivity contribution in [2.45, 2.75) is 13.5 Å². The normalized spacial score (nSPS) is 12.6. The average molecular weight is 295 g/mol. The summed E-state index contributed by atoms with van der Waals surface area (Å²) in [6.45, 7) is 2.90. The molecule has 2 heterocycles. The fourth-order valence-electron chi connectivity index (χ4n) is 1.86. The molecule has 0 saturated heterocycles. The van der Waals surface area contributed by atoms with E-state index in [2.05, 4.69) is 10.2 Å². The Morgan fingerprint density at radius 1 is 1.55 bits per heavy atom. The largest absolute Gasteiger partial charge is 0.469 e. The number of thiophene rings is 1. The Morgan fingerprint density at radius 2 is 2.35 bits per heavy atom. The van der Waals surface area contributed by atoms with Crippen LogP contribution in [0, 0.1) is 5.92 Å². The van der Waals surface area contributed by atoms with E-state index in [4.69, 9.17) is 9.15 Å². The van der Waals surface area contributed by atoms with Crippen LogP contribution in [0.25, 0.3) is 10.8 Å². The molecule has 0 spiro atoms. The summed E-state index contributed by atoms with van der Waals surface area (Å²) >= 11 is 1.55. The quantitative estimate of drug-likeness (QED) is 0.760. The number of carbonyl (C=O) groups excluding carboxylic acids is 1. The number of aromatic nitrogens is 2. The number of methoxy groups -OCH3 is 1. The number of hydrogen-bond donors (Lipinski definition) is 0. The van der Waals surface area contributed by atoms with Crippen LogP contribution < -0.4 is 0 Å². The molecule has 1 atom stereocenters. The molecule has 2 aromatic rings. The molecule has 7 heteroatoms. The second kappa shape index (κ2) is 6.62. The number of nitrogens with zero attached hydrogens (tertiary/aromatic N) is 3. The highest BCUT2D eigenvalue weighted by Crippen LogP contribution is 2.23. The zero-order valence-electron chi connectivity index (χ0n) is 11.7. The summed E-state index contributed by atoms with van der Waals surface area (Å²) in [6, 6.07) is 3.87. The fourth-order valence-corrected chi connectivity index (χ4v) is 2.50. The van der Waals surface area contributed by atoms with Gasteiger partial charge in [-0.1, -0.05) is 13.0 Å². The third-order valence-electron chi connectivity index (χ3n) is 2.79. The Bertz CT molecular complexity index is 553. The second-order valence-corrected chi connectivity index (χ2v) is 5.55. The lowest BCUT2D eigenvalue weighted by molar-refractivity contribution is -0.145. The van der Waals surface area contributed by atoms with Crippen molar-refractivity contribution in [2.75, 3.05) is 20.7 Å². The number of carbonyl (C=O) groups is 1. The van der Waals surface area contributed by atoms with E-state index in [9.17, 15) is 4.79 Å². The number of ether oxygens (including phenoxy) is 1. The van der Waals surface area contributed by atoms with Gasteiger partial charge in [0.1, 0.15) is 0 Å². The molecule has 6 nitrogen and oxygen atoms in total. The van der Waals surface area contributed by atoms with Gasteiger partial charge in [0.05, 0.1) is 24.4 Å². The molecule has 0 bridgehead atoms. The summed E-state index contributed by atoms with van der Waals surface area (Å²) < 4.78 is 10.3. The molecule has 0 amide bonds. The van der Waals surface area contributed by atoms with Crippen LogP contribution >= 0.6 is 11.3 Å². The first-order chi connectivity index (χ1) is 9.60. The van der Waals surface area contributed by atoms with E-state index in [-0.39, 0.29) is 11.9 Å². The maximum atomic E-state index is 11.4. The highest BCUT2D eigenvalue weighted by molar-refractivity contribution is 7.13. The van der Waals surface area contributed by atoms with Crippen molar-refractivity contribution >= 4 is 17.3 Å². The molecule has 0 aliphatic rings. The molecule has 0 aliphatic heterocycles. The molecule has 2 aromatic heterocycles. The Kier molecular flexibility index (Phi) is 4.86. The van der Waals surface area contributed by atoms with Crippen LogP contribution in [0.5, 0.6) is 0 Å². The van der Waals surface area contributed by atoms with E-state index >= 15 is 0 Å². The van der Waals surface area contributed by atoms with Gasteiger partial charge in [-0.2, -0.15) is 0 Å². The summed E-state index contributed by atoms with van der Waals surface area (Å²) in [6.07, 6.45) is 0. The third-order valence-corrected chi connectivity index (χ3v) is 3.65. The monoisotopic (exact) mass is 295 g/mol. The SMILES string of the molecule is COC(=O)C(C)CN(C)Cc1nnc(-c2cccs2)o1. The fraction of sp³-hybridized carbons (Fsp3) is 0.462. The van der Waals surface area contributed by atoms with Crippen LogP contribution in [-0.4, -0.2) is 41.8 Å². The lowest BCUT2D eigenvalue weighted by Gasteiger charge is -2.17. The molecule has 0 aromatic carbocycles. The zero-order chi connectivity index (χ0) is 14.5. The molecule has 1 unspecified atom stereocenters. The minimum Gasteiger partial charge on any atom is -0.469 e. The molecule has 0 aliphatic carbocycles. The summed E-state index contributed by atoms with van der Waals surface area (Å²) in [5.74, 6) is 0.656. The first-order valence-electron chi connectivity index (χ1n) is 6.22. The Balaban J connectivity index is 1.92. The lowest BCUT2D eigenvalue weighted by Crippen LogP contribution is -2.29. The molecule has 108 valence electrons. The molecule has 0 radical (unpaired) electrons. The van der Waals surface area contributed by atoms with Gasteiger partial charge in [-0.3, -0.25) is 9.69 Å². The second-order valence-electron chi connectivity index (χ2n) is 4.60. The van der Waals surface area contributed by atoms with Gasteiger partial charge in [-0.05, 0) is 18.5 Å². The number of rotatable bonds is 6. The summed E-state index contributed by atoms with van der Waals surface area (Å²) in [5, 5.41) is 10.00. The highest BCUT2D eigenvalue weighted by Gasteiger charge is 2.17. The van der Waals surface area contributed by atoms with E-state index in [1.54, 1.807) is 11.3 Å². The number of esters is 1. The van der Waals surface area contributed by atoms with Crippen LogP contribution in [0.3, 0.4) is 0 Å². The maximum Gasteiger partial charge on any atom is 0.309 e. The van der Waals surface area contributed by atoms with Crippen molar-refractivity contribution in [2.24, 2.45) is 5.92 Å². The predicted molar refractivity (Wildman–Crippen MR) is 75.1 cm³/mol. The molecular formula is C13H17N3O3S. The van der Waals surface area contributed by atoms with Crippen LogP contribution in [-0.2, 0) is 16.1 Å². The minimum absolute atomic E-state index is 0.190. The van der Waals surface area contributed by atoms with Gasteiger partial charge >= 0.3 is 5.97 Å². The molecule has 0 N–H and O–H groups in total. The van der Waals surface area contributed by atoms with Gasteiger partial charge in [0.2, 0.25) is 5.89 Å². The summed E-state index contributed by atoms with van der Waals surface area (Å²) in [4.78, 5) is 14.3. The first-order valence-corrected chi connectivity index (χ1v) is 7.10. The molecule has 2 rings (SSSR count). The smallest absolute Gasteiger partial charge is 0.309 e. The van der Waals surface area contributed by atoms with Crippen LogP contribution in [0.15, 0.2) is 21.9 Å². The minimum atomic E-state index is -0.221. The van der Waals surface area contributed by atoms with E-state index < -0.39 is 0 Å². The Labute approximate surface area is 121 Å². The van der Waals surface area contributed by atoms with Gasteiger partial charge in [-0.15, -0.1) is 21.5 Å².